The van der Waals surface area contributed by atoms with Gasteiger partial charge < -0.3 is 19.3 Å². The first-order valence-electron chi connectivity index (χ1n) is 8.92. The Balaban J connectivity index is 2.17. The lowest BCUT2D eigenvalue weighted by molar-refractivity contribution is 0.0510. The Bertz CT molecular complexity index is 877. The maximum absolute atomic E-state index is 12.4. The Morgan fingerprint density at radius 3 is 2.54 bits per heavy atom. The van der Waals surface area contributed by atoms with Crippen LogP contribution >= 0.6 is 0 Å². The van der Waals surface area contributed by atoms with Gasteiger partial charge in [0.15, 0.2) is 12.6 Å². The molecule has 0 amide bonds. The van der Waals surface area contributed by atoms with Gasteiger partial charge in [-0.2, -0.15) is 0 Å². The second-order valence-corrected chi connectivity index (χ2v) is 6.48. The number of phenolic OH excluding ortho intramolecular Hbond substituents is 1. The van der Waals surface area contributed by atoms with Crippen molar-refractivity contribution in [2.45, 2.75) is 20.3 Å². The molecule has 0 bridgehead atoms. The number of ketones is 1. The Morgan fingerprint density at radius 2 is 1.89 bits per heavy atom. The van der Waals surface area contributed by atoms with Crippen LogP contribution in [-0.2, 0) is 11.2 Å². The largest absolute Gasteiger partial charge is 0.507 e. The fourth-order valence-corrected chi connectivity index (χ4v) is 2.57. The Labute approximate surface area is 165 Å². The molecule has 0 unspecified atom stereocenters. The number of hydrogen-bond donors (Lipinski definition) is 1. The molecule has 0 aromatic heterocycles. The maximum atomic E-state index is 12.4. The highest BCUT2D eigenvalue weighted by molar-refractivity contribution is 6.08. The summed E-state index contributed by atoms with van der Waals surface area (Å²) in [7, 11) is 3.15. The van der Waals surface area contributed by atoms with Gasteiger partial charge in [0.25, 0.3) is 0 Å². The third-order valence-electron chi connectivity index (χ3n) is 4.04. The molecule has 148 valence electrons. The summed E-state index contributed by atoms with van der Waals surface area (Å²) in [6, 6.07) is 10.3. The molecule has 0 spiro atoms. The quantitative estimate of drug-likeness (QED) is 0.292. The molecule has 2 rings (SSSR count). The highest BCUT2D eigenvalue weighted by Gasteiger charge is 2.10. The van der Waals surface area contributed by atoms with Crippen molar-refractivity contribution in [3.8, 4) is 17.2 Å². The first kappa shape index (κ1) is 21.3. The molecule has 0 aliphatic rings. The zero-order valence-corrected chi connectivity index (χ0v) is 16.7. The average molecular weight is 382 g/mol. The van der Waals surface area contributed by atoms with Crippen molar-refractivity contribution in [1.82, 2.24) is 0 Å². The topological polar surface area (TPSA) is 65.0 Å². The van der Waals surface area contributed by atoms with Gasteiger partial charge in [-0.25, -0.2) is 0 Å². The van der Waals surface area contributed by atoms with Crippen molar-refractivity contribution in [1.29, 1.82) is 0 Å². The van der Waals surface area contributed by atoms with E-state index in [1.54, 1.807) is 19.3 Å². The number of aromatic hydroxyl groups is 1. The number of carbonyl (C=O) groups is 1. The average Bonchev–Trinajstić information content (AvgIpc) is 2.68. The van der Waals surface area contributed by atoms with Crippen LogP contribution in [0, 0.1) is 0 Å². The molecular weight excluding hydrogens is 356 g/mol. The number of carbonyl (C=O) groups excluding carboxylic acids is 1. The number of hydrogen-bond acceptors (Lipinski definition) is 5. The van der Waals surface area contributed by atoms with E-state index < -0.39 is 0 Å². The van der Waals surface area contributed by atoms with Crippen molar-refractivity contribution >= 4 is 11.9 Å². The van der Waals surface area contributed by atoms with Crippen LogP contribution in [0.4, 0.5) is 0 Å². The first-order chi connectivity index (χ1) is 13.4. The first-order valence-corrected chi connectivity index (χ1v) is 8.92. The van der Waals surface area contributed by atoms with Gasteiger partial charge in [-0.15, -0.1) is 0 Å². The molecule has 1 N–H and O–H groups in total. The molecule has 5 nitrogen and oxygen atoms in total. The minimum absolute atomic E-state index is 0.0686. The summed E-state index contributed by atoms with van der Waals surface area (Å²) < 4.78 is 15.5. The summed E-state index contributed by atoms with van der Waals surface area (Å²) in [5, 5.41) is 10.1. The van der Waals surface area contributed by atoms with E-state index in [2.05, 4.69) is 6.08 Å². The van der Waals surface area contributed by atoms with Gasteiger partial charge in [-0.05, 0) is 61.7 Å². The molecule has 2 aromatic carbocycles. The van der Waals surface area contributed by atoms with E-state index in [1.807, 2.05) is 32.0 Å². The fraction of sp³-hybridized carbons (Fsp3) is 0.261. The Morgan fingerprint density at radius 1 is 1.11 bits per heavy atom. The monoisotopic (exact) mass is 382 g/mol. The summed E-state index contributed by atoms with van der Waals surface area (Å²) in [4.78, 5) is 12.4. The van der Waals surface area contributed by atoms with Crippen LogP contribution in [0.5, 0.6) is 17.2 Å². The summed E-state index contributed by atoms with van der Waals surface area (Å²) in [6.07, 6.45) is 6.05. The lowest BCUT2D eigenvalue weighted by Gasteiger charge is -2.08. The standard InChI is InChI=1S/C23H26O5/c1-16(2)5-8-18-13-17(7-12-23(18)27-4)6-11-21(24)20-10-9-19(14-22(20)25)28-15-26-3/h5-7,9-14,25H,8,15H2,1-4H3/b11-6+. The lowest BCUT2D eigenvalue weighted by Crippen LogP contribution is -2.00. The number of benzene rings is 2. The van der Waals surface area contributed by atoms with Crippen LogP contribution in [0.15, 0.2) is 54.1 Å². The molecule has 0 aliphatic carbocycles. The molecule has 0 atom stereocenters. The predicted octanol–water partition coefficient (Wildman–Crippen LogP) is 4.79. The van der Waals surface area contributed by atoms with Crippen molar-refractivity contribution < 1.29 is 24.1 Å². The third-order valence-corrected chi connectivity index (χ3v) is 4.04. The molecule has 0 radical (unpaired) electrons. The van der Waals surface area contributed by atoms with Gasteiger partial charge in [-0.1, -0.05) is 23.8 Å². The summed E-state index contributed by atoms with van der Waals surface area (Å²) >= 11 is 0. The molecule has 0 heterocycles. The molecule has 0 aliphatic heterocycles. The molecule has 5 heteroatoms. The summed E-state index contributed by atoms with van der Waals surface area (Å²) in [5.41, 5.74) is 3.36. The van der Waals surface area contributed by atoms with E-state index in [1.165, 1.54) is 30.9 Å². The molecular formula is C23H26O5. The van der Waals surface area contributed by atoms with Crippen molar-refractivity contribution in [2.75, 3.05) is 21.0 Å². The number of allylic oxidation sites excluding steroid dienone is 3. The third kappa shape index (κ3) is 5.99. The fourth-order valence-electron chi connectivity index (χ4n) is 2.57. The van der Waals surface area contributed by atoms with Gasteiger partial charge in [0, 0.05) is 13.2 Å². The van der Waals surface area contributed by atoms with E-state index >= 15 is 0 Å². The second kappa shape index (κ2) is 10.3. The Hall–Kier alpha value is -3.05. The van der Waals surface area contributed by atoms with Gasteiger partial charge in [-0.3, -0.25) is 4.79 Å². The van der Waals surface area contributed by atoms with Crippen molar-refractivity contribution in [2.24, 2.45) is 0 Å². The van der Waals surface area contributed by atoms with Crippen molar-refractivity contribution in [3.05, 3.63) is 70.8 Å². The molecule has 0 saturated carbocycles. The second-order valence-electron chi connectivity index (χ2n) is 6.48. The summed E-state index contributed by atoms with van der Waals surface area (Å²) in [6.45, 7) is 4.17. The van der Waals surface area contributed by atoms with Crippen LogP contribution in [0.1, 0.15) is 35.3 Å². The van der Waals surface area contributed by atoms with Crippen molar-refractivity contribution in [3.63, 3.8) is 0 Å². The normalized spacial score (nSPS) is 10.7. The molecule has 28 heavy (non-hydrogen) atoms. The summed E-state index contributed by atoms with van der Waals surface area (Å²) in [5.74, 6) is 0.809. The Kier molecular flexibility index (Phi) is 7.84. The molecule has 0 saturated heterocycles. The van der Waals surface area contributed by atoms with E-state index in [4.69, 9.17) is 14.2 Å². The van der Waals surface area contributed by atoms with Gasteiger partial charge in [0.05, 0.1) is 12.7 Å². The zero-order chi connectivity index (χ0) is 20.5. The maximum Gasteiger partial charge on any atom is 0.189 e. The van der Waals surface area contributed by atoms with E-state index in [-0.39, 0.29) is 23.9 Å². The van der Waals surface area contributed by atoms with E-state index in [0.717, 1.165) is 23.3 Å². The number of phenols is 1. The van der Waals surface area contributed by atoms with Crippen LogP contribution in [0.3, 0.4) is 0 Å². The van der Waals surface area contributed by atoms with Crippen LogP contribution in [-0.4, -0.2) is 31.9 Å². The van der Waals surface area contributed by atoms with Gasteiger partial charge in [0.1, 0.15) is 17.2 Å². The smallest absolute Gasteiger partial charge is 0.189 e. The van der Waals surface area contributed by atoms with E-state index in [0.29, 0.717) is 5.75 Å². The van der Waals surface area contributed by atoms with Gasteiger partial charge >= 0.3 is 0 Å². The lowest BCUT2D eigenvalue weighted by atomic mass is 10.0. The SMILES string of the molecule is COCOc1ccc(C(=O)/C=C/c2ccc(OC)c(CC=C(C)C)c2)c(O)c1. The predicted molar refractivity (Wildman–Crippen MR) is 110 cm³/mol. The minimum Gasteiger partial charge on any atom is -0.507 e. The number of methoxy groups -OCH3 is 2. The highest BCUT2D eigenvalue weighted by Crippen LogP contribution is 2.25. The minimum atomic E-state index is -0.294. The number of ether oxygens (including phenoxy) is 3. The van der Waals surface area contributed by atoms with Gasteiger partial charge in [0.2, 0.25) is 0 Å². The van der Waals surface area contributed by atoms with Crippen LogP contribution in [0.2, 0.25) is 0 Å². The highest BCUT2D eigenvalue weighted by atomic mass is 16.7. The van der Waals surface area contributed by atoms with E-state index in [9.17, 15) is 9.90 Å². The number of rotatable bonds is 9. The molecule has 2 aromatic rings. The molecule has 0 fully saturated rings. The van der Waals surface area contributed by atoms with Crippen LogP contribution in [0.25, 0.3) is 6.08 Å². The zero-order valence-electron chi connectivity index (χ0n) is 16.7. The van der Waals surface area contributed by atoms with Crippen LogP contribution < -0.4 is 9.47 Å².